The molecule has 1 fully saturated rings. The minimum atomic E-state index is -0.385. The fourth-order valence-corrected chi connectivity index (χ4v) is 3.80. The van der Waals surface area contributed by atoms with Gasteiger partial charge in [0.05, 0.1) is 5.71 Å². The summed E-state index contributed by atoms with van der Waals surface area (Å²) in [4.78, 5) is 12.2. The molecule has 2 aromatic carbocycles. The SMILES string of the molecule is O=C(N/N=C1\CC2(CCCC2)Oc2ccccc21)Nc1ccc(Cl)cc1. The lowest BCUT2D eigenvalue weighted by atomic mass is 9.88. The van der Waals surface area contributed by atoms with Crippen molar-refractivity contribution in [3.63, 3.8) is 0 Å². The van der Waals surface area contributed by atoms with Crippen LogP contribution in [0.2, 0.25) is 5.02 Å². The minimum absolute atomic E-state index is 0.179. The van der Waals surface area contributed by atoms with E-state index in [2.05, 4.69) is 15.8 Å². The molecule has 1 spiro atoms. The number of amides is 2. The number of urea groups is 1. The van der Waals surface area contributed by atoms with Crippen LogP contribution in [0.3, 0.4) is 0 Å². The molecule has 0 radical (unpaired) electrons. The number of hydrazone groups is 1. The lowest BCUT2D eigenvalue weighted by Crippen LogP contribution is -2.40. The van der Waals surface area contributed by atoms with Crippen LogP contribution >= 0.6 is 11.6 Å². The normalized spacial score (nSPS) is 19.0. The Morgan fingerprint density at radius 3 is 2.58 bits per heavy atom. The average molecular weight is 370 g/mol. The highest BCUT2D eigenvalue weighted by Crippen LogP contribution is 2.42. The predicted molar refractivity (Wildman–Crippen MR) is 103 cm³/mol. The van der Waals surface area contributed by atoms with E-state index in [1.165, 1.54) is 12.8 Å². The lowest BCUT2D eigenvalue weighted by Gasteiger charge is -2.36. The number of halogens is 1. The molecule has 4 rings (SSSR count). The van der Waals surface area contributed by atoms with Crippen molar-refractivity contribution in [1.82, 2.24) is 5.43 Å². The van der Waals surface area contributed by atoms with Gasteiger partial charge in [0.25, 0.3) is 0 Å². The van der Waals surface area contributed by atoms with E-state index < -0.39 is 0 Å². The van der Waals surface area contributed by atoms with Gasteiger partial charge in [0.15, 0.2) is 0 Å². The Morgan fingerprint density at radius 2 is 1.81 bits per heavy atom. The van der Waals surface area contributed by atoms with Gasteiger partial charge >= 0.3 is 6.03 Å². The van der Waals surface area contributed by atoms with Crippen molar-refractivity contribution in [2.75, 3.05) is 5.32 Å². The maximum absolute atomic E-state index is 12.2. The van der Waals surface area contributed by atoms with E-state index in [0.717, 1.165) is 29.9 Å². The Balaban J connectivity index is 1.51. The summed E-state index contributed by atoms with van der Waals surface area (Å²) in [5.74, 6) is 0.847. The summed E-state index contributed by atoms with van der Waals surface area (Å²) in [7, 11) is 0. The number of fused-ring (bicyclic) bond motifs is 1. The number of anilines is 1. The number of para-hydroxylation sites is 1. The number of carbonyl (C=O) groups excluding carboxylic acids is 1. The summed E-state index contributed by atoms with van der Waals surface area (Å²) in [6.45, 7) is 0. The fourth-order valence-electron chi connectivity index (χ4n) is 3.67. The molecule has 0 aromatic heterocycles. The standard InChI is InChI=1S/C20H20ClN3O2/c21-14-7-9-15(10-8-14)22-19(25)24-23-17-13-20(11-3-4-12-20)26-18-6-2-1-5-16(17)18/h1-2,5-10H,3-4,11-13H2,(H2,22,24,25)/b23-17+. The van der Waals surface area contributed by atoms with Gasteiger partial charge in [0, 0.05) is 22.7 Å². The largest absolute Gasteiger partial charge is 0.486 e. The number of hydrogen-bond acceptors (Lipinski definition) is 3. The van der Waals surface area contributed by atoms with Crippen LogP contribution in [0, 0.1) is 0 Å². The first-order valence-electron chi connectivity index (χ1n) is 8.81. The van der Waals surface area contributed by atoms with Gasteiger partial charge in [-0.05, 0) is 62.1 Å². The van der Waals surface area contributed by atoms with Gasteiger partial charge in [-0.1, -0.05) is 23.7 Å². The zero-order valence-electron chi connectivity index (χ0n) is 14.3. The summed E-state index contributed by atoms with van der Waals surface area (Å²) in [5, 5.41) is 7.77. The van der Waals surface area contributed by atoms with Crippen LogP contribution < -0.4 is 15.5 Å². The number of benzene rings is 2. The average Bonchev–Trinajstić information content (AvgIpc) is 3.09. The zero-order chi connectivity index (χ0) is 18.0. The predicted octanol–water partition coefficient (Wildman–Crippen LogP) is 4.96. The summed E-state index contributed by atoms with van der Waals surface area (Å²) in [5.41, 5.74) is 4.89. The van der Waals surface area contributed by atoms with Crippen LogP contribution in [0.15, 0.2) is 53.6 Å². The highest BCUT2D eigenvalue weighted by atomic mass is 35.5. The molecule has 1 heterocycles. The molecule has 0 atom stereocenters. The molecule has 5 nitrogen and oxygen atoms in total. The van der Waals surface area contributed by atoms with Crippen molar-refractivity contribution >= 4 is 29.0 Å². The molecule has 0 unspecified atom stereocenters. The first-order chi connectivity index (χ1) is 12.6. The Hall–Kier alpha value is -2.53. The van der Waals surface area contributed by atoms with Crippen molar-refractivity contribution in [1.29, 1.82) is 0 Å². The first-order valence-corrected chi connectivity index (χ1v) is 9.19. The van der Waals surface area contributed by atoms with Crippen molar-refractivity contribution in [2.24, 2.45) is 5.10 Å². The third-order valence-electron chi connectivity index (χ3n) is 4.92. The highest BCUT2D eigenvalue weighted by Gasteiger charge is 2.41. The number of rotatable bonds is 2. The van der Waals surface area contributed by atoms with Gasteiger partial charge in [-0.25, -0.2) is 10.2 Å². The molecular weight excluding hydrogens is 350 g/mol. The molecule has 0 bridgehead atoms. The molecule has 2 aliphatic rings. The number of hydrogen-bond donors (Lipinski definition) is 2. The van der Waals surface area contributed by atoms with E-state index in [-0.39, 0.29) is 11.6 Å². The van der Waals surface area contributed by atoms with Crippen LogP contribution in [0.25, 0.3) is 0 Å². The molecule has 6 heteroatoms. The number of nitrogens with one attached hydrogen (secondary N) is 2. The van der Waals surface area contributed by atoms with E-state index in [9.17, 15) is 4.79 Å². The topological polar surface area (TPSA) is 62.7 Å². The fraction of sp³-hybridized carbons (Fsp3) is 0.300. The molecule has 1 aliphatic carbocycles. The highest BCUT2D eigenvalue weighted by molar-refractivity contribution is 6.30. The quantitative estimate of drug-likeness (QED) is 0.735. The maximum Gasteiger partial charge on any atom is 0.339 e. The van der Waals surface area contributed by atoms with Gasteiger partial charge in [0.2, 0.25) is 0 Å². The van der Waals surface area contributed by atoms with Crippen LogP contribution in [-0.4, -0.2) is 17.3 Å². The number of carbonyl (C=O) groups is 1. The van der Waals surface area contributed by atoms with E-state index in [4.69, 9.17) is 16.3 Å². The Morgan fingerprint density at radius 1 is 1.08 bits per heavy atom. The molecule has 1 saturated carbocycles. The van der Waals surface area contributed by atoms with Crippen molar-refractivity contribution in [3.8, 4) is 5.75 Å². The van der Waals surface area contributed by atoms with Crippen LogP contribution in [-0.2, 0) is 0 Å². The second kappa shape index (κ2) is 7.00. The van der Waals surface area contributed by atoms with E-state index in [0.29, 0.717) is 17.1 Å². The lowest BCUT2D eigenvalue weighted by molar-refractivity contribution is 0.0779. The maximum atomic E-state index is 12.2. The van der Waals surface area contributed by atoms with Crippen molar-refractivity contribution in [3.05, 3.63) is 59.1 Å². The molecule has 26 heavy (non-hydrogen) atoms. The minimum Gasteiger partial charge on any atom is -0.486 e. The first kappa shape index (κ1) is 16.9. The Bertz CT molecular complexity index is 842. The third-order valence-corrected chi connectivity index (χ3v) is 5.18. The molecule has 2 amide bonds. The summed E-state index contributed by atoms with van der Waals surface area (Å²) in [6.07, 6.45) is 5.10. The summed E-state index contributed by atoms with van der Waals surface area (Å²) >= 11 is 5.86. The Kier molecular flexibility index (Phi) is 4.55. The molecular formula is C20H20ClN3O2. The second-order valence-electron chi connectivity index (χ2n) is 6.80. The summed E-state index contributed by atoms with van der Waals surface area (Å²) in [6, 6.07) is 14.4. The number of nitrogens with zero attached hydrogens (tertiary/aromatic N) is 1. The van der Waals surface area contributed by atoms with E-state index in [1.807, 2.05) is 24.3 Å². The van der Waals surface area contributed by atoms with E-state index >= 15 is 0 Å². The monoisotopic (exact) mass is 369 g/mol. The second-order valence-corrected chi connectivity index (χ2v) is 7.23. The molecule has 0 saturated heterocycles. The van der Waals surface area contributed by atoms with Gasteiger partial charge in [-0.15, -0.1) is 0 Å². The van der Waals surface area contributed by atoms with Crippen LogP contribution in [0.5, 0.6) is 5.75 Å². The zero-order valence-corrected chi connectivity index (χ0v) is 15.1. The number of ether oxygens (including phenoxy) is 1. The third kappa shape index (κ3) is 3.53. The van der Waals surface area contributed by atoms with Crippen LogP contribution in [0.1, 0.15) is 37.7 Å². The van der Waals surface area contributed by atoms with Crippen molar-refractivity contribution < 1.29 is 9.53 Å². The molecule has 2 N–H and O–H groups in total. The van der Waals surface area contributed by atoms with Gasteiger partial charge in [-0.3, -0.25) is 0 Å². The van der Waals surface area contributed by atoms with Gasteiger partial charge in [0.1, 0.15) is 11.4 Å². The molecule has 134 valence electrons. The molecule has 1 aliphatic heterocycles. The molecule has 2 aromatic rings. The van der Waals surface area contributed by atoms with E-state index in [1.54, 1.807) is 24.3 Å². The smallest absolute Gasteiger partial charge is 0.339 e. The van der Waals surface area contributed by atoms with Gasteiger partial charge < -0.3 is 10.1 Å². The van der Waals surface area contributed by atoms with Gasteiger partial charge in [-0.2, -0.15) is 5.10 Å². The van der Waals surface area contributed by atoms with Crippen LogP contribution in [0.4, 0.5) is 10.5 Å². The Labute approximate surface area is 157 Å². The van der Waals surface area contributed by atoms with Crippen molar-refractivity contribution in [2.45, 2.75) is 37.7 Å². The summed E-state index contributed by atoms with van der Waals surface area (Å²) < 4.78 is 6.30.